The van der Waals surface area contributed by atoms with Gasteiger partial charge in [-0.15, -0.1) is 0 Å². The summed E-state index contributed by atoms with van der Waals surface area (Å²) in [5, 5.41) is 2.90. The fourth-order valence-electron chi connectivity index (χ4n) is 1.45. The maximum absolute atomic E-state index is 5.99. The van der Waals surface area contributed by atoms with E-state index in [1.54, 1.807) is 0 Å². The van der Waals surface area contributed by atoms with Crippen LogP contribution in [0.25, 0.3) is 10.8 Å². The van der Waals surface area contributed by atoms with E-state index in [4.69, 9.17) is 23.2 Å². The molecule has 1 nitrogen and oxygen atoms in total. The van der Waals surface area contributed by atoms with Crippen molar-refractivity contribution < 1.29 is 0 Å². The van der Waals surface area contributed by atoms with Crippen LogP contribution >= 0.6 is 23.2 Å². The van der Waals surface area contributed by atoms with Gasteiger partial charge in [0.15, 0.2) is 0 Å². The first-order chi connectivity index (χ1) is 6.58. The van der Waals surface area contributed by atoms with Gasteiger partial charge in [-0.1, -0.05) is 29.3 Å². The summed E-state index contributed by atoms with van der Waals surface area (Å²) in [4.78, 5) is 4.00. The van der Waals surface area contributed by atoms with Crippen LogP contribution in [0.2, 0.25) is 10.3 Å². The zero-order valence-corrected chi connectivity index (χ0v) is 9.45. The number of hydrogen-bond donors (Lipinski definition) is 0. The first-order valence-corrected chi connectivity index (χ1v) is 5.06. The second kappa shape index (κ2) is 3.41. The van der Waals surface area contributed by atoms with Gasteiger partial charge in [0.2, 0.25) is 0 Å². The molecule has 0 unspecified atom stereocenters. The van der Waals surface area contributed by atoms with E-state index >= 15 is 0 Å². The Morgan fingerprint density at radius 2 is 1.64 bits per heavy atom. The highest BCUT2D eigenvalue weighted by Crippen LogP contribution is 2.27. The molecule has 0 atom stereocenters. The summed E-state index contributed by atoms with van der Waals surface area (Å²) in [5.74, 6) is 0. The maximum Gasteiger partial charge on any atom is 0.138 e. The minimum absolute atomic E-state index is 0.436. The number of halogens is 2. The Hall–Kier alpha value is -0.790. The number of pyridine rings is 1. The molecule has 2 rings (SSSR count). The number of rotatable bonds is 0. The third-order valence-corrected chi connectivity index (χ3v) is 2.85. The van der Waals surface area contributed by atoms with E-state index in [9.17, 15) is 0 Å². The quantitative estimate of drug-likeness (QED) is 0.614. The normalized spacial score (nSPS) is 10.9. The van der Waals surface area contributed by atoms with Gasteiger partial charge in [-0.05, 0) is 42.5 Å². The monoisotopic (exact) mass is 225 g/mol. The lowest BCUT2D eigenvalue weighted by Gasteiger charge is -2.05. The van der Waals surface area contributed by atoms with E-state index in [0.29, 0.717) is 10.3 Å². The van der Waals surface area contributed by atoms with Gasteiger partial charge in [0.25, 0.3) is 0 Å². The van der Waals surface area contributed by atoms with Gasteiger partial charge in [0.05, 0.1) is 0 Å². The van der Waals surface area contributed by atoms with Crippen molar-refractivity contribution in [2.75, 3.05) is 0 Å². The number of aryl methyl sites for hydroxylation is 2. The third-order valence-electron chi connectivity index (χ3n) is 2.37. The van der Waals surface area contributed by atoms with E-state index in [2.05, 4.69) is 24.9 Å². The van der Waals surface area contributed by atoms with E-state index in [-0.39, 0.29) is 0 Å². The molecule has 0 aliphatic heterocycles. The lowest BCUT2D eigenvalue weighted by molar-refractivity contribution is 1.33. The Balaban J connectivity index is 2.89. The second-order valence-electron chi connectivity index (χ2n) is 3.39. The summed E-state index contributed by atoms with van der Waals surface area (Å²) in [5.41, 5.74) is 2.44. The molecule has 1 heterocycles. The van der Waals surface area contributed by atoms with Crippen molar-refractivity contribution in [2.24, 2.45) is 0 Å². The first-order valence-electron chi connectivity index (χ1n) is 4.31. The molecule has 0 aliphatic carbocycles. The molecule has 1 aromatic heterocycles. The number of aromatic nitrogens is 1. The SMILES string of the molecule is Cc1cc2cc(Cl)nc(Cl)c2cc1C. The summed E-state index contributed by atoms with van der Waals surface area (Å²) >= 11 is 11.8. The summed E-state index contributed by atoms with van der Waals surface area (Å²) in [7, 11) is 0. The molecule has 3 heteroatoms. The van der Waals surface area contributed by atoms with Gasteiger partial charge in [0, 0.05) is 5.39 Å². The predicted molar refractivity (Wildman–Crippen MR) is 61.2 cm³/mol. The number of hydrogen-bond acceptors (Lipinski definition) is 1. The number of nitrogens with zero attached hydrogens (tertiary/aromatic N) is 1. The van der Waals surface area contributed by atoms with E-state index in [1.807, 2.05) is 12.1 Å². The van der Waals surface area contributed by atoms with Crippen LogP contribution in [-0.2, 0) is 0 Å². The minimum Gasteiger partial charge on any atom is -0.224 e. The van der Waals surface area contributed by atoms with Crippen molar-refractivity contribution in [3.63, 3.8) is 0 Å². The molecule has 0 fully saturated rings. The van der Waals surface area contributed by atoms with E-state index in [0.717, 1.165) is 10.8 Å². The third kappa shape index (κ3) is 1.58. The van der Waals surface area contributed by atoms with Gasteiger partial charge in [-0.3, -0.25) is 0 Å². The smallest absolute Gasteiger partial charge is 0.138 e. The van der Waals surface area contributed by atoms with Crippen molar-refractivity contribution >= 4 is 34.0 Å². The predicted octanol–water partition coefficient (Wildman–Crippen LogP) is 4.16. The topological polar surface area (TPSA) is 12.9 Å². The summed E-state index contributed by atoms with van der Waals surface area (Å²) in [6.45, 7) is 4.12. The summed E-state index contributed by atoms with van der Waals surface area (Å²) in [6.07, 6.45) is 0. The Labute approximate surface area is 92.7 Å². The van der Waals surface area contributed by atoms with Crippen LogP contribution in [0.4, 0.5) is 0 Å². The summed E-state index contributed by atoms with van der Waals surface area (Å²) < 4.78 is 0. The standard InChI is InChI=1S/C11H9Cl2N/c1-6-3-8-5-10(12)14-11(13)9(8)4-7(6)2/h3-5H,1-2H3. The van der Waals surface area contributed by atoms with Gasteiger partial charge < -0.3 is 0 Å². The van der Waals surface area contributed by atoms with E-state index in [1.165, 1.54) is 11.1 Å². The molecule has 1 aromatic carbocycles. The zero-order chi connectivity index (χ0) is 10.3. The van der Waals surface area contributed by atoms with Crippen LogP contribution in [0.15, 0.2) is 18.2 Å². The minimum atomic E-state index is 0.436. The van der Waals surface area contributed by atoms with Crippen molar-refractivity contribution in [1.82, 2.24) is 4.98 Å². The van der Waals surface area contributed by atoms with Crippen molar-refractivity contribution in [3.05, 3.63) is 39.6 Å². The largest absolute Gasteiger partial charge is 0.224 e. The Kier molecular flexibility index (Phi) is 2.38. The zero-order valence-electron chi connectivity index (χ0n) is 7.94. The summed E-state index contributed by atoms with van der Waals surface area (Å²) in [6, 6.07) is 5.94. The van der Waals surface area contributed by atoms with Crippen LogP contribution in [0.5, 0.6) is 0 Å². The first kappa shape index (κ1) is 9.75. The molecule has 0 radical (unpaired) electrons. The fourth-order valence-corrected chi connectivity index (χ4v) is 1.95. The van der Waals surface area contributed by atoms with Gasteiger partial charge in [0.1, 0.15) is 10.3 Å². The Morgan fingerprint density at radius 1 is 1.00 bits per heavy atom. The average Bonchev–Trinajstić information content (AvgIpc) is 2.08. The highest BCUT2D eigenvalue weighted by Gasteiger charge is 2.04. The maximum atomic E-state index is 5.99. The highest BCUT2D eigenvalue weighted by atomic mass is 35.5. The Morgan fingerprint density at radius 3 is 2.36 bits per heavy atom. The molecule has 0 saturated carbocycles. The van der Waals surface area contributed by atoms with Crippen LogP contribution in [-0.4, -0.2) is 4.98 Å². The van der Waals surface area contributed by atoms with Crippen LogP contribution in [0.1, 0.15) is 11.1 Å². The van der Waals surface area contributed by atoms with Gasteiger partial charge in [-0.2, -0.15) is 0 Å². The van der Waals surface area contributed by atoms with Crippen LogP contribution in [0, 0.1) is 13.8 Å². The Bertz CT molecular complexity index is 506. The van der Waals surface area contributed by atoms with Crippen LogP contribution < -0.4 is 0 Å². The molecule has 0 N–H and O–H groups in total. The lowest BCUT2D eigenvalue weighted by atomic mass is 10.0. The molecule has 2 aromatic rings. The number of benzene rings is 1. The molecule has 14 heavy (non-hydrogen) atoms. The molecule has 72 valence electrons. The molecule has 0 bridgehead atoms. The number of fused-ring (bicyclic) bond motifs is 1. The van der Waals surface area contributed by atoms with Crippen LogP contribution in [0.3, 0.4) is 0 Å². The average molecular weight is 226 g/mol. The van der Waals surface area contributed by atoms with Crippen molar-refractivity contribution in [1.29, 1.82) is 0 Å². The van der Waals surface area contributed by atoms with Gasteiger partial charge >= 0.3 is 0 Å². The fraction of sp³-hybridized carbons (Fsp3) is 0.182. The second-order valence-corrected chi connectivity index (χ2v) is 4.14. The van der Waals surface area contributed by atoms with Gasteiger partial charge in [-0.25, -0.2) is 4.98 Å². The molecule has 0 aliphatic rings. The molecule has 0 amide bonds. The molecule has 0 saturated heterocycles. The lowest BCUT2D eigenvalue weighted by Crippen LogP contribution is -1.85. The molecular weight excluding hydrogens is 217 g/mol. The molecule has 0 spiro atoms. The highest BCUT2D eigenvalue weighted by molar-refractivity contribution is 6.36. The van der Waals surface area contributed by atoms with Crippen molar-refractivity contribution in [2.45, 2.75) is 13.8 Å². The van der Waals surface area contributed by atoms with E-state index < -0.39 is 0 Å². The molecular formula is C11H9Cl2N. The van der Waals surface area contributed by atoms with Crippen molar-refractivity contribution in [3.8, 4) is 0 Å².